The zero-order valence-electron chi connectivity index (χ0n) is 23.1. The van der Waals surface area contributed by atoms with Crippen molar-refractivity contribution in [3.63, 3.8) is 0 Å². The first kappa shape index (κ1) is 27.1. The molecule has 0 unspecified atom stereocenters. The lowest BCUT2D eigenvalue weighted by Crippen LogP contribution is -2.69. The maximum Gasteiger partial charge on any atom is 0.312 e. The summed E-state index contributed by atoms with van der Waals surface area (Å²) in [6, 6.07) is 0. The van der Waals surface area contributed by atoms with Crippen LogP contribution < -0.4 is 0 Å². The first-order chi connectivity index (χ1) is 17.1. The third kappa shape index (κ3) is 3.17. The summed E-state index contributed by atoms with van der Waals surface area (Å²) >= 11 is 0. The normalized spacial score (nSPS) is 52.5. The fourth-order valence-electron chi connectivity index (χ4n) is 10.9. The van der Waals surface area contributed by atoms with Gasteiger partial charge in [-0.1, -0.05) is 39.3 Å². The Balaban J connectivity index is 1.65. The van der Waals surface area contributed by atoms with E-state index in [1.165, 1.54) is 0 Å². The van der Waals surface area contributed by atoms with Crippen molar-refractivity contribution in [2.75, 3.05) is 6.61 Å². The predicted molar refractivity (Wildman–Crippen MR) is 137 cm³/mol. The van der Waals surface area contributed by atoms with Crippen LogP contribution in [0.1, 0.15) is 92.4 Å². The topological polar surface area (TPSA) is 135 Å². The van der Waals surface area contributed by atoms with Crippen LogP contribution in [0.2, 0.25) is 0 Å². The second kappa shape index (κ2) is 8.04. The van der Waals surface area contributed by atoms with Gasteiger partial charge in [0.05, 0.1) is 29.6 Å². The summed E-state index contributed by atoms with van der Waals surface area (Å²) in [5.74, 6) is -2.22. The van der Waals surface area contributed by atoms with Crippen molar-refractivity contribution in [2.24, 2.45) is 50.2 Å². The minimum atomic E-state index is -1.46. The van der Waals surface area contributed by atoms with Crippen LogP contribution in [-0.2, 0) is 9.59 Å². The van der Waals surface area contributed by atoms with Gasteiger partial charge in [-0.15, -0.1) is 0 Å². The van der Waals surface area contributed by atoms with Gasteiger partial charge < -0.3 is 25.5 Å². The van der Waals surface area contributed by atoms with E-state index in [1.807, 2.05) is 0 Å². The Morgan fingerprint density at radius 3 is 2.14 bits per heavy atom. The van der Waals surface area contributed by atoms with Crippen LogP contribution in [0.4, 0.5) is 0 Å². The SMILES string of the molecule is CC1(C)CC[C@]2(C(=O)O)CC[C@]3(CO)C(=CC[C@@H]4[C@@]5(C)C[C@@H](O)[C@H](O)[C@@](C)(C(=O)O)[C@@H]5CC[C@]43C)[C@@H]2C1. The van der Waals surface area contributed by atoms with E-state index < -0.39 is 45.8 Å². The molecule has 0 aromatic heterocycles. The third-order valence-corrected chi connectivity index (χ3v) is 13.1. The molecule has 208 valence electrons. The molecule has 0 aromatic carbocycles. The molecule has 0 bridgehead atoms. The van der Waals surface area contributed by atoms with Gasteiger partial charge >= 0.3 is 11.9 Å². The van der Waals surface area contributed by atoms with E-state index >= 15 is 0 Å². The van der Waals surface area contributed by atoms with E-state index in [2.05, 4.69) is 33.8 Å². The molecule has 0 aromatic rings. The predicted octanol–water partition coefficient (Wildman–Crippen LogP) is 4.24. The summed E-state index contributed by atoms with van der Waals surface area (Å²) in [6.45, 7) is 10.3. The molecule has 0 heterocycles. The maximum atomic E-state index is 12.8. The van der Waals surface area contributed by atoms with Crippen LogP contribution in [0.5, 0.6) is 0 Å². The molecular formula is C30H46O7. The molecule has 0 amide bonds. The Hall–Kier alpha value is -1.44. The molecule has 4 fully saturated rings. The van der Waals surface area contributed by atoms with Crippen LogP contribution >= 0.6 is 0 Å². The molecule has 10 atom stereocenters. The van der Waals surface area contributed by atoms with Crippen LogP contribution in [0.25, 0.3) is 0 Å². The lowest BCUT2D eigenvalue weighted by molar-refractivity contribution is -0.244. The summed E-state index contributed by atoms with van der Waals surface area (Å²) < 4.78 is 0. The number of carboxylic acid groups (broad SMARTS) is 2. The number of aliphatic hydroxyl groups is 3. The third-order valence-electron chi connectivity index (χ3n) is 13.1. The number of aliphatic carboxylic acids is 2. The van der Waals surface area contributed by atoms with Gasteiger partial charge in [0.15, 0.2) is 0 Å². The van der Waals surface area contributed by atoms with Crippen molar-refractivity contribution in [2.45, 2.75) is 105 Å². The van der Waals surface area contributed by atoms with E-state index in [-0.39, 0.29) is 35.2 Å². The number of carbonyl (C=O) groups is 2. The van der Waals surface area contributed by atoms with Crippen molar-refractivity contribution in [1.82, 2.24) is 0 Å². The van der Waals surface area contributed by atoms with E-state index in [9.17, 15) is 35.1 Å². The summed E-state index contributed by atoms with van der Waals surface area (Å²) in [5, 5.41) is 53.8. The number of aliphatic hydroxyl groups excluding tert-OH is 3. The van der Waals surface area contributed by atoms with E-state index in [1.54, 1.807) is 6.92 Å². The number of allylic oxidation sites excluding steroid dienone is 1. The summed E-state index contributed by atoms with van der Waals surface area (Å²) in [7, 11) is 0. The molecule has 4 saturated carbocycles. The van der Waals surface area contributed by atoms with Crippen LogP contribution in [0, 0.1) is 50.2 Å². The van der Waals surface area contributed by atoms with Gasteiger partial charge in [0, 0.05) is 5.41 Å². The van der Waals surface area contributed by atoms with Crippen molar-refractivity contribution < 1.29 is 35.1 Å². The van der Waals surface area contributed by atoms with Crippen molar-refractivity contribution >= 4 is 11.9 Å². The molecule has 5 aliphatic rings. The average Bonchev–Trinajstić information content (AvgIpc) is 2.81. The Morgan fingerprint density at radius 2 is 1.54 bits per heavy atom. The number of hydrogen-bond donors (Lipinski definition) is 5. The highest BCUT2D eigenvalue weighted by Gasteiger charge is 2.72. The van der Waals surface area contributed by atoms with Gasteiger partial charge in [-0.2, -0.15) is 0 Å². The molecule has 7 nitrogen and oxygen atoms in total. The average molecular weight is 519 g/mol. The maximum absolute atomic E-state index is 12.8. The molecule has 5 N–H and O–H groups in total. The standard InChI is InChI=1S/C30H46O7/c1-25(2)10-11-29(24(36)37)12-13-30(16-31)17(18(29)14-25)6-7-20-26(3)15-19(32)22(33)28(5,23(34)35)21(26)8-9-27(20,30)4/h6,18-22,31-33H,7-16H2,1-5H3,(H,34,35)(H,36,37)/t18-,19+,20+,21+,22-,26+,27+,28-,29-,30-/m0/s1. The highest BCUT2D eigenvalue weighted by atomic mass is 16.4. The summed E-state index contributed by atoms with van der Waals surface area (Å²) in [4.78, 5) is 25.4. The molecule has 37 heavy (non-hydrogen) atoms. The zero-order chi connectivity index (χ0) is 27.4. The molecule has 5 rings (SSSR count). The van der Waals surface area contributed by atoms with Crippen LogP contribution in [-0.4, -0.2) is 56.3 Å². The Kier molecular flexibility index (Phi) is 5.90. The van der Waals surface area contributed by atoms with Crippen LogP contribution in [0.15, 0.2) is 11.6 Å². The number of carboxylic acids is 2. The molecule has 5 aliphatic carbocycles. The zero-order valence-corrected chi connectivity index (χ0v) is 23.1. The molecular weight excluding hydrogens is 472 g/mol. The fraction of sp³-hybridized carbons (Fsp3) is 0.867. The van der Waals surface area contributed by atoms with Gasteiger partial charge in [0.1, 0.15) is 0 Å². The van der Waals surface area contributed by atoms with Crippen molar-refractivity contribution in [3.8, 4) is 0 Å². The molecule has 7 heteroatoms. The summed E-state index contributed by atoms with van der Waals surface area (Å²) in [6.07, 6.45) is 5.50. The second-order valence-electron chi connectivity index (χ2n) is 14.9. The summed E-state index contributed by atoms with van der Waals surface area (Å²) in [5.41, 5.74) is -2.59. The molecule has 0 radical (unpaired) electrons. The van der Waals surface area contributed by atoms with Crippen LogP contribution in [0.3, 0.4) is 0 Å². The first-order valence-electron chi connectivity index (χ1n) is 14.2. The minimum absolute atomic E-state index is 0.00408. The number of hydrogen-bond acceptors (Lipinski definition) is 5. The number of fused-ring (bicyclic) bond motifs is 7. The van der Waals surface area contributed by atoms with Gasteiger partial charge in [-0.3, -0.25) is 9.59 Å². The largest absolute Gasteiger partial charge is 0.481 e. The van der Waals surface area contributed by atoms with E-state index in [0.29, 0.717) is 44.9 Å². The Labute approximate surface area is 220 Å². The Morgan fingerprint density at radius 1 is 0.892 bits per heavy atom. The lowest BCUT2D eigenvalue weighted by atomic mass is 9.33. The van der Waals surface area contributed by atoms with Gasteiger partial charge in [-0.25, -0.2) is 0 Å². The number of rotatable bonds is 3. The van der Waals surface area contributed by atoms with E-state index in [0.717, 1.165) is 18.4 Å². The van der Waals surface area contributed by atoms with Gasteiger partial charge in [0.2, 0.25) is 0 Å². The quantitative estimate of drug-likeness (QED) is 0.353. The first-order valence-corrected chi connectivity index (χ1v) is 14.2. The minimum Gasteiger partial charge on any atom is -0.481 e. The highest BCUT2D eigenvalue weighted by molar-refractivity contribution is 5.77. The fourth-order valence-corrected chi connectivity index (χ4v) is 10.9. The van der Waals surface area contributed by atoms with Crippen molar-refractivity contribution in [3.05, 3.63) is 11.6 Å². The Bertz CT molecular complexity index is 1030. The van der Waals surface area contributed by atoms with Crippen molar-refractivity contribution in [1.29, 1.82) is 0 Å². The molecule has 0 saturated heterocycles. The molecule has 0 spiro atoms. The van der Waals surface area contributed by atoms with Gasteiger partial charge in [-0.05, 0) is 98.7 Å². The molecule has 0 aliphatic heterocycles. The van der Waals surface area contributed by atoms with Gasteiger partial charge in [0.25, 0.3) is 0 Å². The lowest BCUT2D eigenvalue weighted by Gasteiger charge is -2.71. The van der Waals surface area contributed by atoms with E-state index in [4.69, 9.17) is 0 Å². The second-order valence-corrected chi connectivity index (χ2v) is 14.9. The highest BCUT2D eigenvalue weighted by Crippen LogP contribution is 2.75. The smallest absolute Gasteiger partial charge is 0.312 e. The monoisotopic (exact) mass is 518 g/mol.